The molecule has 0 radical (unpaired) electrons. The first-order valence-corrected chi connectivity index (χ1v) is 5.84. The summed E-state index contributed by atoms with van der Waals surface area (Å²) in [7, 11) is 0. The fourth-order valence-corrected chi connectivity index (χ4v) is 1.74. The normalized spacial score (nSPS) is 12.8. The van der Waals surface area contributed by atoms with Gasteiger partial charge >= 0.3 is 0 Å². The zero-order valence-corrected chi connectivity index (χ0v) is 10.1. The lowest BCUT2D eigenvalue weighted by Gasteiger charge is -2.16. The van der Waals surface area contributed by atoms with Gasteiger partial charge in [0.05, 0.1) is 5.02 Å². The van der Waals surface area contributed by atoms with E-state index in [2.05, 4.69) is 5.32 Å². The Bertz CT molecular complexity index is 333. The summed E-state index contributed by atoms with van der Waals surface area (Å²) in [5.41, 5.74) is 0.748. The fraction of sp³-hybridized carbons (Fsp3) is 0.500. The summed E-state index contributed by atoms with van der Waals surface area (Å²) in [6.45, 7) is 2.72. The van der Waals surface area contributed by atoms with E-state index in [1.54, 1.807) is 12.1 Å². The van der Waals surface area contributed by atoms with E-state index in [4.69, 9.17) is 16.7 Å². The van der Waals surface area contributed by atoms with E-state index < -0.39 is 5.82 Å². The third kappa shape index (κ3) is 3.74. The summed E-state index contributed by atoms with van der Waals surface area (Å²) in [6.07, 6.45) is 1.62. The number of aliphatic hydroxyl groups excluding tert-OH is 1. The van der Waals surface area contributed by atoms with Crippen LogP contribution >= 0.6 is 11.6 Å². The molecule has 0 saturated heterocycles. The van der Waals surface area contributed by atoms with E-state index in [1.165, 1.54) is 6.07 Å². The van der Waals surface area contributed by atoms with Crippen LogP contribution in [0.25, 0.3) is 0 Å². The van der Waals surface area contributed by atoms with Gasteiger partial charge in [0.15, 0.2) is 0 Å². The number of hydrogen-bond acceptors (Lipinski definition) is 2. The number of halogens is 2. The molecule has 1 rings (SSSR count). The highest BCUT2D eigenvalue weighted by molar-refractivity contribution is 6.31. The van der Waals surface area contributed by atoms with Crippen molar-refractivity contribution in [3.05, 3.63) is 34.6 Å². The molecule has 0 aliphatic carbocycles. The van der Waals surface area contributed by atoms with Crippen molar-refractivity contribution in [3.63, 3.8) is 0 Å². The van der Waals surface area contributed by atoms with Gasteiger partial charge in [-0.2, -0.15) is 0 Å². The Morgan fingerprint density at radius 2 is 2.25 bits per heavy atom. The molecule has 1 atom stereocenters. The third-order valence-corrected chi connectivity index (χ3v) is 3.01. The summed E-state index contributed by atoms with van der Waals surface area (Å²) >= 11 is 5.83. The number of hydrogen-bond donors (Lipinski definition) is 2. The highest BCUT2D eigenvalue weighted by Gasteiger charge is 2.08. The van der Waals surface area contributed by atoms with Crippen LogP contribution in [-0.2, 0) is 6.54 Å². The number of rotatable bonds is 6. The predicted octanol–water partition coefficient (Wildman–Crippen LogP) is 2.73. The molecular formula is C12H17ClFNO. The molecule has 16 heavy (non-hydrogen) atoms. The van der Waals surface area contributed by atoms with Crippen molar-refractivity contribution in [1.29, 1.82) is 0 Å². The van der Waals surface area contributed by atoms with Crippen LogP contribution in [0, 0.1) is 5.82 Å². The van der Waals surface area contributed by atoms with Gasteiger partial charge in [0.2, 0.25) is 0 Å². The second kappa shape index (κ2) is 6.84. The molecule has 2 N–H and O–H groups in total. The maximum atomic E-state index is 13.1. The smallest absolute Gasteiger partial charge is 0.142 e. The summed E-state index contributed by atoms with van der Waals surface area (Å²) < 4.78 is 13.1. The molecule has 0 spiro atoms. The minimum atomic E-state index is -0.392. The lowest BCUT2D eigenvalue weighted by molar-refractivity contribution is 0.262. The van der Waals surface area contributed by atoms with Crippen molar-refractivity contribution in [1.82, 2.24) is 5.32 Å². The highest BCUT2D eigenvalue weighted by atomic mass is 35.5. The second-order valence-corrected chi connectivity index (χ2v) is 4.09. The highest BCUT2D eigenvalue weighted by Crippen LogP contribution is 2.19. The average Bonchev–Trinajstić information content (AvgIpc) is 2.29. The maximum Gasteiger partial charge on any atom is 0.142 e. The summed E-state index contributed by atoms with van der Waals surface area (Å²) in [5, 5.41) is 12.3. The van der Waals surface area contributed by atoms with Crippen molar-refractivity contribution >= 4 is 11.6 Å². The van der Waals surface area contributed by atoms with Crippen molar-refractivity contribution in [2.45, 2.75) is 32.4 Å². The Morgan fingerprint density at radius 3 is 2.88 bits per heavy atom. The first-order chi connectivity index (χ1) is 7.69. The summed E-state index contributed by atoms with van der Waals surface area (Å²) in [6, 6.07) is 5.02. The fourth-order valence-electron chi connectivity index (χ4n) is 1.55. The van der Waals surface area contributed by atoms with Crippen LogP contribution in [0.4, 0.5) is 4.39 Å². The van der Waals surface area contributed by atoms with Gasteiger partial charge in [-0.15, -0.1) is 0 Å². The van der Waals surface area contributed by atoms with Crippen LogP contribution in [0.1, 0.15) is 25.3 Å². The Kier molecular flexibility index (Phi) is 5.74. The Balaban J connectivity index is 2.56. The van der Waals surface area contributed by atoms with Gasteiger partial charge in [-0.1, -0.05) is 30.7 Å². The number of nitrogens with one attached hydrogen (secondary N) is 1. The first-order valence-electron chi connectivity index (χ1n) is 5.46. The molecule has 4 heteroatoms. The third-order valence-electron chi connectivity index (χ3n) is 2.58. The summed E-state index contributed by atoms with van der Waals surface area (Å²) in [5.74, 6) is -0.392. The molecule has 0 aromatic heterocycles. The molecule has 0 bridgehead atoms. The van der Waals surface area contributed by atoms with Crippen molar-refractivity contribution < 1.29 is 9.50 Å². The molecule has 1 aromatic rings. The molecule has 0 aliphatic rings. The van der Waals surface area contributed by atoms with Gasteiger partial charge in [0.25, 0.3) is 0 Å². The summed E-state index contributed by atoms with van der Waals surface area (Å²) in [4.78, 5) is 0. The van der Waals surface area contributed by atoms with Gasteiger partial charge in [-0.05, 0) is 24.5 Å². The quantitative estimate of drug-likeness (QED) is 0.808. The SMILES string of the molecule is CCC(CCO)NCc1cccc(F)c1Cl. The van der Waals surface area contributed by atoms with E-state index >= 15 is 0 Å². The van der Waals surface area contributed by atoms with Crippen LogP contribution in [0.2, 0.25) is 5.02 Å². The minimum absolute atomic E-state index is 0.155. The first kappa shape index (κ1) is 13.4. The zero-order chi connectivity index (χ0) is 12.0. The van der Waals surface area contributed by atoms with E-state index in [0.717, 1.165) is 12.0 Å². The lowest BCUT2D eigenvalue weighted by atomic mass is 10.1. The van der Waals surface area contributed by atoms with Crippen molar-refractivity contribution in [2.24, 2.45) is 0 Å². The molecule has 0 aliphatic heterocycles. The zero-order valence-electron chi connectivity index (χ0n) is 9.34. The Labute approximate surface area is 100 Å². The van der Waals surface area contributed by atoms with E-state index in [0.29, 0.717) is 13.0 Å². The molecule has 0 heterocycles. The van der Waals surface area contributed by atoms with E-state index in [-0.39, 0.29) is 17.7 Å². The van der Waals surface area contributed by atoms with Crippen LogP contribution in [-0.4, -0.2) is 17.8 Å². The van der Waals surface area contributed by atoms with Gasteiger partial charge in [0.1, 0.15) is 5.82 Å². The molecule has 90 valence electrons. The van der Waals surface area contributed by atoms with Gasteiger partial charge in [0, 0.05) is 19.2 Å². The molecule has 0 fully saturated rings. The standard InChI is InChI=1S/C12H17ClFNO/c1-2-10(6-7-16)15-8-9-4-3-5-11(14)12(9)13/h3-5,10,15-16H,2,6-8H2,1H3. The van der Waals surface area contributed by atoms with E-state index in [9.17, 15) is 4.39 Å². The number of benzene rings is 1. The van der Waals surface area contributed by atoms with Crippen LogP contribution in [0.15, 0.2) is 18.2 Å². The monoisotopic (exact) mass is 245 g/mol. The van der Waals surface area contributed by atoms with E-state index in [1.807, 2.05) is 6.92 Å². The van der Waals surface area contributed by atoms with Crippen molar-refractivity contribution in [2.75, 3.05) is 6.61 Å². The van der Waals surface area contributed by atoms with Gasteiger partial charge in [-0.25, -0.2) is 4.39 Å². The van der Waals surface area contributed by atoms with Crippen LogP contribution < -0.4 is 5.32 Å². The largest absolute Gasteiger partial charge is 0.396 e. The topological polar surface area (TPSA) is 32.3 Å². The molecule has 1 unspecified atom stereocenters. The molecule has 0 amide bonds. The van der Waals surface area contributed by atoms with Crippen LogP contribution in [0.5, 0.6) is 0 Å². The molecule has 1 aromatic carbocycles. The van der Waals surface area contributed by atoms with Crippen LogP contribution in [0.3, 0.4) is 0 Å². The van der Waals surface area contributed by atoms with Gasteiger partial charge in [-0.3, -0.25) is 0 Å². The average molecular weight is 246 g/mol. The predicted molar refractivity (Wildman–Crippen MR) is 64.0 cm³/mol. The maximum absolute atomic E-state index is 13.1. The molecule has 0 saturated carbocycles. The molecule has 2 nitrogen and oxygen atoms in total. The van der Waals surface area contributed by atoms with Gasteiger partial charge < -0.3 is 10.4 Å². The number of aliphatic hydroxyl groups is 1. The Morgan fingerprint density at radius 1 is 1.50 bits per heavy atom. The minimum Gasteiger partial charge on any atom is -0.396 e. The Hall–Kier alpha value is -0.640. The lowest BCUT2D eigenvalue weighted by Crippen LogP contribution is -2.29. The van der Waals surface area contributed by atoms with Crippen molar-refractivity contribution in [3.8, 4) is 0 Å². The molecular weight excluding hydrogens is 229 g/mol. The second-order valence-electron chi connectivity index (χ2n) is 3.71.